The molecule has 1 unspecified atom stereocenters. The van der Waals surface area contributed by atoms with Gasteiger partial charge in [0.1, 0.15) is 5.82 Å². The molecule has 1 heterocycles. The molecule has 3 aromatic carbocycles. The minimum atomic E-state index is -3.95. The van der Waals surface area contributed by atoms with Crippen LogP contribution >= 0.6 is 0 Å². The molecule has 0 N–H and O–H groups in total. The lowest BCUT2D eigenvalue weighted by atomic mass is 10.0. The van der Waals surface area contributed by atoms with E-state index in [1.807, 2.05) is 54.6 Å². The van der Waals surface area contributed by atoms with Crippen molar-refractivity contribution in [3.05, 3.63) is 101 Å². The Morgan fingerprint density at radius 2 is 1.67 bits per heavy atom. The highest BCUT2D eigenvalue weighted by Gasteiger charge is 2.35. The topological polar surface area (TPSA) is 46.6 Å². The van der Waals surface area contributed by atoms with Gasteiger partial charge in [0, 0.05) is 12.1 Å². The van der Waals surface area contributed by atoms with Crippen molar-refractivity contribution in [1.29, 1.82) is 0 Å². The van der Waals surface area contributed by atoms with Crippen LogP contribution in [0.3, 0.4) is 0 Å². The van der Waals surface area contributed by atoms with Gasteiger partial charge in [-0.25, -0.2) is 12.8 Å². The molecule has 0 aromatic heterocycles. The normalized spacial score (nSPS) is 17.7. The molecular formula is C24H24FNO3S. The van der Waals surface area contributed by atoms with Crippen molar-refractivity contribution in [3.8, 4) is 0 Å². The van der Waals surface area contributed by atoms with Crippen molar-refractivity contribution in [3.63, 3.8) is 0 Å². The highest BCUT2D eigenvalue weighted by molar-refractivity contribution is 7.89. The fraction of sp³-hybridized carbons (Fsp3) is 0.250. The third-order valence-electron chi connectivity index (χ3n) is 5.54. The maximum atomic E-state index is 14.2. The third kappa shape index (κ3) is 4.17. The molecule has 156 valence electrons. The second kappa shape index (κ2) is 8.68. The van der Waals surface area contributed by atoms with Gasteiger partial charge in [-0.3, -0.25) is 0 Å². The lowest BCUT2D eigenvalue weighted by Crippen LogP contribution is -2.45. The monoisotopic (exact) mass is 425 g/mol. The van der Waals surface area contributed by atoms with Crippen LogP contribution in [0.4, 0.5) is 4.39 Å². The van der Waals surface area contributed by atoms with Gasteiger partial charge in [-0.2, -0.15) is 4.31 Å². The fourth-order valence-electron chi connectivity index (χ4n) is 3.86. The van der Waals surface area contributed by atoms with E-state index in [-0.39, 0.29) is 23.6 Å². The molecule has 1 aliphatic heterocycles. The van der Waals surface area contributed by atoms with Crippen LogP contribution in [0.15, 0.2) is 77.7 Å². The second-order valence-corrected chi connectivity index (χ2v) is 9.40. The van der Waals surface area contributed by atoms with Crippen molar-refractivity contribution >= 4 is 10.0 Å². The van der Waals surface area contributed by atoms with Crippen molar-refractivity contribution in [2.45, 2.75) is 37.4 Å². The van der Waals surface area contributed by atoms with Crippen LogP contribution in [0, 0.1) is 12.7 Å². The Hall–Kier alpha value is -2.54. The molecule has 4 rings (SSSR count). The molecule has 0 fully saturated rings. The Labute approximate surface area is 177 Å². The Kier molecular flexibility index (Phi) is 5.99. The molecule has 0 bridgehead atoms. The Morgan fingerprint density at radius 1 is 0.967 bits per heavy atom. The van der Waals surface area contributed by atoms with Crippen molar-refractivity contribution in [2.75, 3.05) is 6.61 Å². The second-order valence-electron chi connectivity index (χ2n) is 7.54. The van der Waals surface area contributed by atoms with E-state index in [1.54, 1.807) is 0 Å². The van der Waals surface area contributed by atoms with Crippen LogP contribution < -0.4 is 0 Å². The van der Waals surface area contributed by atoms with E-state index in [1.165, 1.54) is 29.4 Å². The lowest BCUT2D eigenvalue weighted by Gasteiger charge is -2.34. The van der Waals surface area contributed by atoms with Gasteiger partial charge in [0.25, 0.3) is 0 Å². The van der Waals surface area contributed by atoms with Crippen molar-refractivity contribution in [1.82, 2.24) is 4.31 Å². The number of sulfonamides is 1. The van der Waals surface area contributed by atoms with Gasteiger partial charge >= 0.3 is 0 Å². The van der Waals surface area contributed by atoms with E-state index in [0.29, 0.717) is 13.0 Å². The summed E-state index contributed by atoms with van der Waals surface area (Å²) in [7, 11) is -3.95. The van der Waals surface area contributed by atoms with Gasteiger partial charge in [-0.1, -0.05) is 60.7 Å². The molecule has 6 heteroatoms. The molecule has 0 amide bonds. The van der Waals surface area contributed by atoms with Crippen LogP contribution in [-0.2, 0) is 34.3 Å². The number of ether oxygens (including phenoxy) is 1. The molecule has 1 aliphatic rings. The van der Waals surface area contributed by atoms with Crippen LogP contribution in [0.25, 0.3) is 0 Å². The van der Waals surface area contributed by atoms with Crippen LogP contribution in [0.1, 0.15) is 22.3 Å². The first-order valence-corrected chi connectivity index (χ1v) is 11.4. The standard InChI is InChI=1S/C24H24FNO3S/c1-18-23(25)12-7-13-24(18)30(27,28)26-15-20-10-5-6-11-21(20)16-29-17-22(26)14-19-8-3-2-4-9-19/h2-13,22H,14-17H2,1H3. The zero-order chi connectivity index (χ0) is 21.1. The number of benzene rings is 3. The molecule has 0 saturated heterocycles. The number of fused-ring (bicyclic) bond motifs is 1. The smallest absolute Gasteiger partial charge is 0.244 e. The van der Waals surface area contributed by atoms with Crippen molar-refractivity contribution < 1.29 is 17.5 Å². The predicted octanol–water partition coefficient (Wildman–Crippen LogP) is 4.47. The van der Waals surface area contributed by atoms with E-state index in [2.05, 4.69) is 0 Å². The largest absolute Gasteiger partial charge is 0.375 e. The summed E-state index contributed by atoms with van der Waals surface area (Å²) in [6.07, 6.45) is 0.511. The summed E-state index contributed by atoms with van der Waals surface area (Å²) in [4.78, 5) is -0.00128. The number of nitrogens with zero attached hydrogens (tertiary/aromatic N) is 1. The van der Waals surface area contributed by atoms with Gasteiger partial charge < -0.3 is 4.74 Å². The maximum absolute atomic E-state index is 14.2. The average Bonchev–Trinajstić information content (AvgIpc) is 2.73. The van der Waals surface area contributed by atoms with Crippen LogP contribution in [-0.4, -0.2) is 25.4 Å². The molecule has 1 atom stereocenters. The number of hydrogen-bond donors (Lipinski definition) is 0. The summed E-state index contributed by atoms with van der Waals surface area (Å²) in [6, 6.07) is 21.2. The average molecular weight is 426 g/mol. The van der Waals surface area contributed by atoms with E-state index < -0.39 is 21.9 Å². The highest BCUT2D eigenvalue weighted by Crippen LogP contribution is 2.29. The van der Waals surface area contributed by atoms with Gasteiger partial charge in [-0.15, -0.1) is 0 Å². The Bertz CT molecular complexity index is 1130. The van der Waals surface area contributed by atoms with Crippen molar-refractivity contribution in [2.24, 2.45) is 0 Å². The molecule has 0 aliphatic carbocycles. The Morgan fingerprint density at radius 3 is 2.43 bits per heavy atom. The van der Waals surface area contributed by atoms with E-state index >= 15 is 0 Å². The zero-order valence-electron chi connectivity index (χ0n) is 16.8. The molecule has 0 radical (unpaired) electrons. The minimum absolute atomic E-state index is 0.00128. The molecule has 4 nitrogen and oxygen atoms in total. The molecule has 0 saturated carbocycles. The SMILES string of the molecule is Cc1c(F)cccc1S(=O)(=O)N1Cc2ccccc2COCC1Cc1ccccc1. The predicted molar refractivity (Wildman–Crippen MR) is 114 cm³/mol. The number of rotatable bonds is 4. The van der Waals surface area contributed by atoms with Gasteiger partial charge in [-0.05, 0) is 42.2 Å². The molecule has 0 spiro atoms. The summed E-state index contributed by atoms with van der Waals surface area (Å²) in [5.74, 6) is -0.528. The highest BCUT2D eigenvalue weighted by atomic mass is 32.2. The fourth-order valence-corrected chi connectivity index (χ4v) is 5.68. The van der Waals surface area contributed by atoms with Crippen LogP contribution in [0.2, 0.25) is 0 Å². The number of hydrogen-bond acceptors (Lipinski definition) is 3. The number of halogens is 1. The summed E-state index contributed by atoms with van der Waals surface area (Å²) in [5.41, 5.74) is 3.02. The first kappa shape index (κ1) is 20.7. The zero-order valence-corrected chi connectivity index (χ0v) is 17.6. The lowest BCUT2D eigenvalue weighted by molar-refractivity contribution is 0.0673. The van der Waals surface area contributed by atoms with Gasteiger partial charge in [0.05, 0.1) is 24.2 Å². The summed E-state index contributed by atoms with van der Waals surface area (Å²) < 4.78 is 49.1. The first-order chi connectivity index (χ1) is 14.5. The van der Waals surface area contributed by atoms with E-state index in [9.17, 15) is 12.8 Å². The van der Waals surface area contributed by atoms with Crippen LogP contribution in [0.5, 0.6) is 0 Å². The summed E-state index contributed by atoms with van der Waals surface area (Å²) >= 11 is 0. The van der Waals surface area contributed by atoms with Gasteiger partial charge in [0.15, 0.2) is 0 Å². The maximum Gasteiger partial charge on any atom is 0.244 e. The molecule has 3 aromatic rings. The Balaban J connectivity index is 1.80. The van der Waals surface area contributed by atoms with Gasteiger partial charge in [0.2, 0.25) is 10.0 Å². The quantitative estimate of drug-likeness (QED) is 0.620. The molecular weight excluding hydrogens is 401 g/mol. The summed E-state index contributed by atoms with van der Waals surface area (Å²) in [6.45, 7) is 2.42. The third-order valence-corrected chi connectivity index (χ3v) is 7.58. The summed E-state index contributed by atoms with van der Waals surface area (Å²) in [5, 5.41) is 0. The minimum Gasteiger partial charge on any atom is -0.375 e. The molecule has 30 heavy (non-hydrogen) atoms. The van der Waals surface area contributed by atoms with E-state index in [0.717, 1.165) is 16.7 Å². The van der Waals surface area contributed by atoms with E-state index in [4.69, 9.17) is 4.74 Å². The first-order valence-electron chi connectivity index (χ1n) is 9.92.